The van der Waals surface area contributed by atoms with Gasteiger partial charge in [0.1, 0.15) is 17.9 Å². The van der Waals surface area contributed by atoms with Crippen LogP contribution in [0.2, 0.25) is 0 Å². The van der Waals surface area contributed by atoms with Gasteiger partial charge in [-0.15, -0.1) is 10.2 Å². The number of aromatic nitrogens is 3. The third-order valence-electron chi connectivity index (χ3n) is 8.97. The van der Waals surface area contributed by atoms with E-state index >= 15 is 0 Å². The Morgan fingerprint density at radius 2 is 1.95 bits per heavy atom. The average Bonchev–Trinajstić information content (AvgIpc) is 3.35. The summed E-state index contributed by atoms with van der Waals surface area (Å²) in [5.41, 5.74) is 0.504. The Labute approximate surface area is 244 Å². The highest BCUT2D eigenvalue weighted by Crippen LogP contribution is 2.44. The minimum absolute atomic E-state index is 0.0368. The Bertz CT molecular complexity index is 1200. The van der Waals surface area contributed by atoms with Gasteiger partial charge in [0.15, 0.2) is 5.82 Å². The van der Waals surface area contributed by atoms with Crippen LogP contribution < -0.4 is 15.0 Å². The van der Waals surface area contributed by atoms with Crippen molar-refractivity contribution in [2.45, 2.75) is 85.4 Å². The molecule has 226 valence electrons. The predicted octanol–water partition coefficient (Wildman–Crippen LogP) is 4.99. The van der Waals surface area contributed by atoms with Crippen molar-refractivity contribution in [2.75, 3.05) is 44.7 Å². The van der Waals surface area contributed by atoms with Crippen molar-refractivity contribution < 1.29 is 13.9 Å². The molecule has 0 aliphatic carbocycles. The summed E-state index contributed by atoms with van der Waals surface area (Å²) in [6.45, 7) is 19.3. The van der Waals surface area contributed by atoms with E-state index in [0.717, 1.165) is 39.0 Å². The molecule has 2 fully saturated rings. The Balaban J connectivity index is 1.48. The summed E-state index contributed by atoms with van der Waals surface area (Å²) < 4.78 is 20.4. The van der Waals surface area contributed by atoms with Gasteiger partial charge in [-0.2, -0.15) is 0 Å². The monoisotopic (exact) mass is 569 g/mol. The molecule has 1 unspecified atom stereocenters. The van der Waals surface area contributed by atoms with Gasteiger partial charge in [0.05, 0.1) is 5.56 Å². The summed E-state index contributed by atoms with van der Waals surface area (Å²) in [7, 11) is 2.04. The molecule has 2 aliphatic rings. The highest BCUT2D eigenvalue weighted by molar-refractivity contribution is 5.97. The molecule has 9 nitrogen and oxygen atoms in total. The van der Waals surface area contributed by atoms with Crippen molar-refractivity contribution in [3.05, 3.63) is 35.9 Å². The third kappa shape index (κ3) is 6.97. The van der Waals surface area contributed by atoms with Gasteiger partial charge in [0, 0.05) is 55.8 Å². The summed E-state index contributed by atoms with van der Waals surface area (Å²) in [5, 5.41) is 11.6. The van der Waals surface area contributed by atoms with E-state index in [4.69, 9.17) is 4.74 Å². The zero-order valence-corrected chi connectivity index (χ0v) is 26.1. The fourth-order valence-electron chi connectivity index (χ4n) is 6.30. The van der Waals surface area contributed by atoms with Crippen LogP contribution in [0, 0.1) is 17.2 Å². The second kappa shape index (κ2) is 12.6. The summed E-state index contributed by atoms with van der Waals surface area (Å²) in [5.74, 6) is 0.877. The van der Waals surface area contributed by atoms with E-state index in [1.54, 1.807) is 4.90 Å². The number of amides is 1. The molecule has 1 atom stereocenters. The molecule has 1 N–H and O–H groups in total. The molecule has 4 rings (SSSR count). The van der Waals surface area contributed by atoms with Crippen LogP contribution in [-0.2, 0) is 0 Å². The fraction of sp³-hybridized carbons (Fsp3) is 0.677. The molecule has 1 spiro atoms. The van der Waals surface area contributed by atoms with E-state index in [0.29, 0.717) is 24.3 Å². The lowest BCUT2D eigenvalue weighted by Gasteiger charge is -2.53. The molecule has 2 aliphatic heterocycles. The quantitative estimate of drug-likeness (QED) is 0.383. The van der Waals surface area contributed by atoms with E-state index in [2.05, 4.69) is 58.0 Å². The van der Waals surface area contributed by atoms with Gasteiger partial charge in [-0.25, -0.2) is 9.37 Å². The van der Waals surface area contributed by atoms with Crippen molar-refractivity contribution in [2.24, 2.45) is 11.3 Å². The molecule has 1 aromatic carbocycles. The second-order valence-electron chi connectivity index (χ2n) is 13.1. The van der Waals surface area contributed by atoms with Gasteiger partial charge in [0.2, 0.25) is 0 Å². The molecule has 2 saturated heterocycles. The molecule has 10 heteroatoms. The lowest BCUT2D eigenvalue weighted by atomic mass is 9.76. The van der Waals surface area contributed by atoms with E-state index < -0.39 is 5.82 Å². The number of hydrogen-bond acceptors (Lipinski definition) is 8. The minimum Gasteiger partial charge on any atom is -0.434 e. The number of likely N-dealkylation sites (tertiary alicyclic amines) is 1. The third-order valence-corrected chi connectivity index (χ3v) is 8.97. The van der Waals surface area contributed by atoms with Gasteiger partial charge in [-0.1, -0.05) is 13.8 Å². The number of anilines is 1. The maximum Gasteiger partial charge on any atom is 0.282 e. The number of carbonyl (C=O) groups excluding carboxylic acids is 1. The molecular formula is C31H48FN7O2. The van der Waals surface area contributed by atoms with Gasteiger partial charge in [-0.05, 0) is 85.0 Å². The molecule has 2 aromatic rings. The number of halogens is 1. The van der Waals surface area contributed by atoms with Gasteiger partial charge >= 0.3 is 0 Å². The summed E-state index contributed by atoms with van der Waals surface area (Å²) >= 11 is 0. The lowest BCUT2D eigenvalue weighted by Crippen LogP contribution is -2.62. The Kier molecular flexibility index (Phi) is 9.53. The zero-order chi connectivity index (χ0) is 29.9. The summed E-state index contributed by atoms with van der Waals surface area (Å²) in [6.07, 6.45) is 4.80. The number of carbonyl (C=O) groups is 1. The second-order valence-corrected chi connectivity index (χ2v) is 13.1. The number of ether oxygens (including phenoxy) is 1. The molecule has 0 radical (unpaired) electrons. The molecule has 1 amide bonds. The van der Waals surface area contributed by atoms with E-state index in [9.17, 15) is 9.18 Å². The fourth-order valence-corrected chi connectivity index (χ4v) is 6.30. The average molecular weight is 570 g/mol. The Hall–Kier alpha value is -2.85. The van der Waals surface area contributed by atoms with E-state index in [-0.39, 0.29) is 40.1 Å². The predicted molar refractivity (Wildman–Crippen MR) is 160 cm³/mol. The molecule has 0 bridgehead atoms. The van der Waals surface area contributed by atoms with Gasteiger partial charge in [-0.3, -0.25) is 9.69 Å². The minimum atomic E-state index is -0.497. The standard InChI is InChI=1S/C31H48FN7O2/c1-9-39(22(4)5)29(40)24-16-23(32)10-11-26(24)41-28-27(34-20-35-36-28)37-15-14-31(17-37)18-38(19-31)25(21(2)3)12-13-30(6,7)33-8/h10-11,16,20-22,25,33H,9,12-15,17-19H2,1-8H3. The van der Waals surface area contributed by atoms with Crippen molar-refractivity contribution >= 4 is 11.7 Å². The van der Waals surface area contributed by atoms with Crippen LogP contribution in [0.15, 0.2) is 24.5 Å². The number of hydrogen-bond donors (Lipinski definition) is 1. The van der Waals surface area contributed by atoms with Crippen LogP contribution in [0.5, 0.6) is 11.6 Å². The molecular weight excluding hydrogens is 521 g/mol. The van der Waals surface area contributed by atoms with Gasteiger partial charge < -0.3 is 19.9 Å². The largest absolute Gasteiger partial charge is 0.434 e. The lowest BCUT2D eigenvalue weighted by molar-refractivity contribution is -0.0355. The first-order valence-electron chi connectivity index (χ1n) is 15.0. The molecule has 1 aromatic heterocycles. The Morgan fingerprint density at radius 1 is 1.22 bits per heavy atom. The van der Waals surface area contributed by atoms with Crippen LogP contribution in [0.3, 0.4) is 0 Å². The number of nitrogens with zero attached hydrogens (tertiary/aromatic N) is 6. The van der Waals surface area contributed by atoms with E-state index in [1.807, 2.05) is 27.8 Å². The van der Waals surface area contributed by atoms with E-state index in [1.165, 1.54) is 30.9 Å². The first-order valence-corrected chi connectivity index (χ1v) is 15.0. The maximum absolute atomic E-state index is 14.3. The molecule has 41 heavy (non-hydrogen) atoms. The smallest absolute Gasteiger partial charge is 0.282 e. The number of rotatable bonds is 12. The Morgan fingerprint density at radius 3 is 2.59 bits per heavy atom. The van der Waals surface area contributed by atoms with Crippen LogP contribution in [-0.4, -0.2) is 88.3 Å². The summed E-state index contributed by atoms with van der Waals surface area (Å²) in [6, 6.07) is 4.52. The molecule has 0 saturated carbocycles. The van der Waals surface area contributed by atoms with Crippen molar-refractivity contribution in [1.82, 2.24) is 30.3 Å². The van der Waals surface area contributed by atoms with Crippen molar-refractivity contribution in [1.29, 1.82) is 0 Å². The van der Waals surface area contributed by atoms with Crippen molar-refractivity contribution in [3.8, 4) is 11.6 Å². The highest BCUT2D eigenvalue weighted by Gasteiger charge is 2.50. The van der Waals surface area contributed by atoms with Crippen LogP contribution in [0.25, 0.3) is 0 Å². The number of nitrogens with one attached hydrogen (secondary N) is 1. The first-order chi connectivity index (χ1) is 19.4. The zero-order valence-electron chi connectivity index (χ0n) is 26.1. The van der Waals surface area contributed by atoms with Crippen LogP contribution in [0.1, 0.15) is 78.1 Å². The summed E-state index contributed by atoms with van der Waals surface area (Å²) in [4.78, 5) is 24.4. The maximum atomic E-state index is 14.3. The number of benzene rings is 1. The molecule has 3 heterocycles. The van der Waals surface area contributed by atoms with Crippen LogP contribution >= 0.6 is 0 Å². The highest BCUT2D eigenvalue weighted by atomic mass is 19.1. The van der Waals surface area contributed by atoms with Gasteiger partial charge in [0.25, 0.3) is 11.8 Å². The topological polar surface area (TPSA) is 86.7 Å². The first kappa shape index (κ1) is 31.1. The van der Waals surface area contributed by atoms with Crippen LogP contribution in [0.4, 0.5) is 10.2 Å². The van der Waals surface area contributed by atoms with Crippen molar-refractivity contribution in [3.63, 3.8) is 0 Å². The SMILES string of the molecule is CCN(C(=O)c1cc(F)ccc1Oc1nncnc1N1CCC2(C1)CN(C(CCC(C)(C)NC)C(C)C)C2)C(C)C. The normalized spacial score (nSPS) is 17.8.